The molecule has 1 unspecified atom stereocenters. The Bertz CT molecular complexity index is 594. The number of hydrogen-bond acceptors (Lipinski definition) is 6. The average Bonchev–Trinajstić information content (AvgIpc) is 2.77. The van der Waals surface area contributed by atoms with Crippen LogP contribution in [-0.2, 0) is 0 Å². The van der Waals surface area contributed by atoms with Crippen molar-refractivity contribution in [1.29, 1.82) is 0 Å². The summed E-state index contributed by atoms with van der Waals surface area (Å²) < 4.78 is 5.35. The van der Waals surface area contributed by atoms with Gasteiger partial charge in [-0.1, -0.05) is 19.9 Å². The molecule has 2 aromatic rings. The van der Waals surface area contributed by atoms with Crippen molar-refractivity contribution in [3.63, 3.8) is 0 Å². The summed E-state index contributed by atoms with van der Waals surface area (Å²) in [6, 6.07) is 4.69. The van der Waals surface area contributed by atoms with Crippen molar-refractivity contribution in [3.8, 4) is 0 Å². The topological polar surface area (TPSA) is 101 Å². The number of rotatable bonds is 5. The van der Waals surface area contributed by atoms with Crippen molar-refractivity contribution in [2.75, 3.05) is 11.9 Å². The van der Waals surface area contributed by atoms with Crippen molar-refractivity contribution in [3.05, 3.63) is 28.3 Å². The Balaban J connectivity index is 2.22. The van der Waals surface area contributed by atoms with Crippen molar-refractivity contribution in [1.82, 2.24) is 4.98 Å². The molecule has 1 aromatic heterocycles. The normalized spacial score (nSPS) is 12.8. The van der Waals surface area contributed by atoms with E-state index in [1.807, 2.05) is 13.8 Å². The Kier molecular flexibility index (Phi) is 3.66. The molecule has 0 saturated heterocycles. The van der Waals surface area contributed by atoms with Gasteiger partial charge in [-0.2, -0.15) is 4.98 Å². The van der Waals surface area contributed by atoms with Gasteiger partial charge in [0, 0.05) is 12.6 Å². The van der Waals surface area contributed by atoms with Crippen LogP contribution in [0.2, 0.25) is 0 Å². The van der Waals surface area contributed by atoms with Crippen LogP contribution in [0.1, 0.15) is 13.8 Å². The van der Waals surface area contributed by atoms with E-state index in [9.17, 15) is 15.2 Å². The molecule has 7 nitrogen and oxygen atoms in total. The highest BCUT2D eigenvalue weighted by Crippen LogP contribution is 2.27. The van der Waals surface area contributed by atoms with Crippen LogP contribution >= 0.6 is 0 Å². The molecule has 19 heavy (non-hydrogen) atoms. The first-order chi connectivity index (χ1) is 8.99. The van der Waals surface area contributed by atoms with Gasteiger partial charge in [0.15, 0.2) is 11.1 Å². The van der Waals surface area contributed by atoms with Gasteiger partial charge in [0.25, 0.3) is 11.7 Å². The lowest BCUT2D eigenvalue weighted by atomic mass is 10.1. The molecule has 0 spiro atoms. The summed E-state index contributed by atoms with van der Waals surface area (Å²) in [7, 11) is 0. The van der Waals surface area contributed by atoms with E-state index < -0.39 is 11.0 Å². The molecule has 102 valence electrons. The van der Waals surface area contributed by atoms with Crippen molar-refractivity contribution in [2.24, 2.45) is 5.92 Å². The summed E-state index contributed by atoms with van der Waals surface area (Å²) in [5.41, 5.74) is 0.448. The number of nitro groups is 1. The van der Waals surface area contributed by atoms with Crippen molar-refractivity contribution in [2.45, 2.75) is 20.0 Å². The molecule has 2 rings (SSSR count). The van der Waals surface area contributed by atoms with Gasteiger partial charge in [0.05, 0.1) is 11.0 Å². The van der Waals surface area contributed by atoms with E-state index in [-0.39, 0.29) is 29.7 Å². The molecule has 0 bridgehead atoms. The van der Waals surface area contributed by atoms with Crippen LogP contribution in [0.15, 0.2) is 22.6 Å². The number of nitrogens with one attached hydrogen (secondary N) is 1. The monoisotopic (exact) mass is 265 g/mol. The number of benzene rings is 1. The number of para-hydroxylation sites is 1. The molecule has 1 aromatic carbocycles. The third-order valence-electron chi connectivity index (χ3n) is 2.83. The number of nitro benzene ring substituents is 1. The van der Waals surface area contributed by atoms with Gasteiger partial charge in [0.1, 0.15) is 0 Å². The highest BCUT2D eigenvalue weighted by atomic mass is 16.6. The standard InChI is InChI=1S/C12H15N3O4/c1-7(2)9(16)6-13-12-14-11-8(15(17)18)4-3-5-10(11)19-12/h3-5,7,9,16H,6H2,1-2H3,(H,13,14). The number of hydrogen-bond donors (Lipinski definition) is 2. The Morgan fingerprint density at radius 3 is 2.89 bits per heavy atom. The number of oxazole rings is 1. The molecule has 0 aliphatic carbocycles. The number of non-ortho nitro benzene ring substituents is 1. The second-order valence-corrected chi connectivity index (χ2v) is 4.59. The molecule has 0 saturated carbocycles. The smallest absolute Gasteiger partial charge is 0.298 e. The minimum atomic E-state index is -0.537. The fourth-order valence-electron chi connectivity index (χ4n) is 1.58. The zero-order valence-corrected chi connectivity index (χ0v) is 10.7. The highest BCUT2D eigenvalue weighted by Gasteiger charge is 2.18. The lowest BCUT2D eigenvalue weighted by molar-refractivity contribution is -0.383. The Morgan fingerprint density at radius 1 is 1.53 bits per heavy atom. The van der Waals surface area contributed by atoms with Crippen LogP contribution in [0, 0.1) is 16.0 Å². The number of anilines is 1. The third-order valence-corrected chi connectivity index (χ3v) is 2.83. The molecule has 2 N–H and O–H groups in total. The van der Waals surface area contributed by atoms with Crippen LogP contribution in [0.25, 0.3) is 11.1 Å². The zero-order chi connectivity index (χ0) is 14.0. The Morgan fingerprint density at radius 2 is 2.26 bits per heavy atom. The summed E-state index contributed by atoms with van der Waals surface area (Å²) in [5, 5.41) is 23.3. The van der Waals surface area contributed by atoms with Crippen LogP contribution in [0.3, 0.4) is 0 Å². The molecule has 1 heterocycles. The van der Waals surface area contributed by atoms with E-state index in [0.717, 1.165) is 0 Å². The van der Waals surface area contributed by atoms with E-state index >= 15 is 0 Å². The van der Waals surface area contributed by atoms with Gasteiger partial charge in [-0.15, -0.1) is 0 Å². The minimum absolute atomic E-state index is 0.0984. The average molecular weight is 265 g/mol. The summed E-state index contributed by atoms with van der Waals surface area (Å²) in [6.07, 6.45) is -0.537. The molecule has 0 amide bonds. The maximum absolute atomic E-state index is 10.8. The fourth-order valence-corrected chi connectivity index (χ4v) is 1.58. The number of aliphatic hydroxyl groups excluding tert-OH is 1. The third kappa shape index (κ3) is 2.82. The van der Waals surface area contributed by atoms with Crippen LogP contribution < -0.4 is 5.32 Å². The van der Waals surface area contributed by atoms with Gasteiger partial charge in [-0.05, 0) is 12.0 Å². The molecule has 0 fully saturated rings. The molecular formula is C12H15N3O4. The summed E-state index contributed by atoms with van der Waals surface area (Å²) >= 11 is 0. The van der Waals surface area contributed by atoms with Gasteiger partial charge in [-0.3, -0.25) is 10.1 Å². The first kappa shape index (κ1) is 13.3. The first-order valence-corrected chi connectivity index (χ1v) is 5.95. The maximum atomic E-state index is 10.8. The molecule has 0 radical (unpaired) electrons. The second kappa shape index (κ2) is 5.23. The van der Waals surface area contributed by atoms with E-state index in [1.54, 1.807) is 12.1 Å². The largest absolute Gasteiger partial charge is 0.423 e. The predicted molar refractivity (Wildman–Crippen MR) is 70.0 cm³/mol. The number of nitrogens with zero attached hydrogens (tertiary/aromatic N) is 2. The van der Waals surface area contributed by atoms with E-state index in [4.69, 9.17) is 4.42 Å². The Hall–Kier alpha value is -2.15. The summed E-state index contributed by atoms with van der Waals surface area (Å²) in [4.78, 5) is 14.4. The van der Waals surface area contributed by atoms with Gasteiger partial charge in [0.2, 0.25) is 0 Å². The predicted octanol–water partition coefficient (Wildman–Crippen LogP) is 2.16. The Labute approximate surface area is 109 Å². The van der Waals surface area contributed by atoms with Crippen LogP contribution in [0.4, 0.5) is 11.7 Å². The van der Waals surface area contributed by atoms with Crippen molar-refractivity contribution < 1.29 is 14.4 Å². The molecular weight excluding hydrogens is 250 g/mol. The number of fused-ring (bicyclic) bond motifs is 1. The first-order valence-electron chi connectivity index (χ1n) is 5.95. The van der Waals surface area contributed by atoms with E-state index in [0.29, 0.717) is 5.58 Å². The van der Waals surface area contributed by atoms with Gasteiger partial charge >= 0.3 is 0 Å². The zero-order valence-electron chi connectivity index (χ0n) is 10.7. The van der Waals surface area contributed by atoms with Gasteiger partial charge in [-0.25, -0.2) is 0 Å². The number of aliphatic hydroxyl groups is 1. The lowest BCUT2D eigenvalue weighted by Gasteiger charge is -2.13. The van der Waals surface area contributed by atoms with Crippen molar-refractivity contribution >= 4 is 22.8 Å². The summed E-state index contributed by atoms with van der Waals surface area (Å²) in [6.45, 7) is 4.06. The minimum Gasteiger partial charge on any atom is -0.423 e. The van der Waals surface area contributed by atoms with E-state index in [1.165, 1.54) is 6.07 Å². The molecule has 0 aliphatic rings. The molecule has 1 atom stereocenters. The van der Waals surface area contributed by atoms with Crippen LogP contribution in [0.5, 0.6) is 0 Å². The number of aromatic nitrogens is 1. The summed E-state index contributed by atoms with van der Waals surface area (Å²) in [5.74, 6) is 0.103. The molecule has 0 aliphatic heterocycles. The van der Waals surface area contributed by atoms with Gasteiger partial charge < -0.3 is 14.8 Å². The highest BCUT2D eigenvalue weighted by molar-refractivity contribution is 5.83. The maximum Gasteiger partial charge on any atom is 0.298 e. The van der Waals surface area contributed by atoms with E-state index in [2.05, 4.69) is 10.3 Å². The fraction of sp³-hybridized carbons (Fsp3) is 0.417. The van der Waals surface area contributed by atoms with Crippen LogP contribution in [-0.4, -0.2) is 27.7 Å². The second-order valence-electron chi connectivity index (χ2n) is 4.59. The quantitative estimate of drug-likeness (QED) is 0.634. The molecule has 7 heteroatoms. The lowest BCUT2D eigenvalue weighted by Crippen LogP contribution is -2.24. The SMILES string of the molecule is CC(C)C(O)CNc1nc2c([N+](=O)[O-])cccc2o1.